The third kappa shape index (κ3) is 3.49. The standard InChI is InChI=1S/C14H10BrClFNO2/c15-12-5-9(17)2-1-8(12)7-18-10-3-4-13(16)11(6-10)14(19)20/h1-6,18H,7H2,(H,19,20). The van der Waals surface area contributed by atoms with Crippen LogP contribution in [0.4, 0.5) is 10.1 Å². The largest absolute Gasteiger partial charge is 0.478 e. The summed E-state index contributed by atoms with van der Waals surface area (Å²) in [7, 11) is 0. The predicted molar refractivity (Wildman–Crippen MR) is 79.8 cm³/mol. The molecule has 0 aliphatic carbocycles. The number of benzene rings is 2. The number of anilines is 1. The van der Waals surface area contributed by atoms with E-state index in [4.69, 9.17) is 16.7 Å². The van der Waals surface area contributed by atoms with E-state index in [1.807, 2.05) is 0 Å². The van der Waals surface area contributed by atoms with Crippen LogP contribution in [0.2, 0.25) is 5.02 Å². The average Bonchev–Trinajstić information content (AvgIpc) is 2.39. The fourth-order valence-electron chi connectivity index (χ4n) is 1.66. The van der Waals surface area contributed by atoms with Crippen molar-refractivity contribution in [2.45, 2.75) is 6.54 Å². The first kappa shape index (κ1) is 14.8. The molecule has 2 N–H and O–H groups in total. The lowest BCUT2D eigenvalue weighted by molar-refractivity contribution is 0.0697. The summed E-state index contributed by atoms with van der Waals surface area (Å²) in [5.74, 6) is -1.40. The SMILES string of the molecule is O=C(O)c1cc(NCc2ccc(F)cc2Br)ccc1Cl. The smallest absolute Gasteiger partial charge is 0.337 e. The van der Waals surface area contributed by atoms with Gasteiger partial charge in [0.2, 0.25) is 0 Å². The van der Waals surface area contributed by atoms with Crippen molar-refractivity contribution < 1.29 is 14.3 Å². The molecule has 2 aromatic carbocycles. The van der Waals surface area contributed by atoms with Gasteiger partial charge in [0.1, 0.15) is 5.82 Å². The van der Waals surface area contributed by atoms with Gasteiger partial charge in [0.25, 0.3) is 0 Å². The van der Waals surface area contributed by atoms with Gasteiger partial charge in [-0.2, -0.15) is 0 Å². The number of carboxylic acids is 1. The fraction of sp³-hybridized carbons (Fsp3) is 0.0714. The maximum Gasteiger partial charge on any atom is 0.337 e. The number of rotatable bonds is 4. The van der Waals surface area contributed by atoms with Gasteiger partial charge in [0.15, 0.2) is 0 Å². The number of hydrogen-bond acceptors (Lipinski definition) is 2. The highest BCUT2D eigenvalue weighted by Crippen LogP contribution is 2.23. The van der Waals surface area contributed by atoms with Crippen LogP contribution in [0.3, 0.4) is 0 Å². The Hall–Kier alpha value is -1.59. The predicted octanol–water partition coefficient (Wildman–Crippen LogP) is 4.55. The number of carboxylic acid groups (broad SMARTS) is 1. The summed E-state index contributed by atoms with van der Waals surface area (Å²) >= 11 is 9.07. The van der Waals surface area contributed by atoms with E-state index in [-0.39, 0.29) is 16.4 Å². The second-order valence-corrected chi connectivity index (χ2v) is 5.35. The van der Waals surface area contributed by atoms with Crippen LogP contribution in [0.1, 0.15) is 15.9 Å². The molecule has 0 atom stereocenters. The van der Waals surface area contributed by atoms with Crippen LogP contribution in [-0.2, 0) is 6.54 Å². The quantitative estimate of drug-likeness (QED) is 0.843. The van der Waals surface area contributed by atoms with E-state index in [0.29, 0.717) is 16.7 Å². The fourth-order valence-corrected chi connectivity index (χ4v) is 2.35. The average molecular weight is 359 g/mol. The highest BCUT2D eigenvalue weighted by atomic mass is 79.9. The Bertz CT molecular complexity index is 664. The molecule has 0 heterocycles. The molecule has 0 aliphatic heterocycles. The molecule has 0 fully saturated rings. The molecule has 0 unspecified atom stereocenters. The summed E-state index contributed by atoms with van der Waals surface area (Å²) in [6.07, 6.45) is 0. The molecule has 0 spiro atoms. The highest BCUT2D eigenvalue weighted by molar-refractivity contribution is 9.10. The first-order valence-electron chi connectivity index (χ1n) is 5.68. The Morgan fingerprint density at radius 2 is 2.05 bits per heavy atom. The lowest BCUT2D eigenvalue weighted by Crippen LogP contribution is -2.03. The Labute approximate surface area is 128 Å². The van der Waals surface area contributed by atoms with Crippen molar-refractivity contribution in [1.82, 2.24) is 0 Å². The third-order valence-electron chi connectivity index (χ3n) is 2.69. The highest BCUT2D eigenvalue weighted by Gasteiger charge is 2.09. The normalized spacial score (nSPS) is 10.3. The summed E-state index contributed by atoms with van der Waals surface area (Å²) in [6.45, 7) is 0.432. The van der Waals surface area contributed by atoms with Crippen LogP contribution < -0.4 is 5.32 Å². The number of halogens is 3. The molecule has 0 aromatic heterocycles. The van der Waals surface area contributed by atoms with E-state index in [0.717, 1.165) is 5.56 Å². The second kappa shape index (κ2) is 6.24. The molecule has 0 saturated heterocycles. The van der Waals surface area contributed by atoms with Gasteiger partial charge in [-0.25, -0.2) is 9.18 Å². The lowest BCUT2D eigenvalue weighted by atomic mass is 10.2. The van der Waals surface area contributed by atoms with E-state index >= 15 is 0 Å². The summed E-state index contributed by atoms with van der Waals surface area (Å²) in [5, 5.41) is 12.2. The van der Waals surface area contributed by atoms with Crippen molar-refractivity contribution in [3.8, 4) is 0 Å². The summed E-state index contributed by atoms with van der Waals surface area (Å²) in [5.41, 5.74) is 1.52. The molecule has 2 aromatic rings. The van der Waals surface area contributed by atoms with Crippen molar-refractivity contribution in [2.75, 3.05) is 5.32 Å². The van der Waals surface area contributed by atoms with Gasteiger partial charge in [-0.3, -0.25) is 0 Å². The van der Waals surface area contributed by atoms with Gasteiger partial charge in [0, 0.05) is 16.7 Å². The molecule has 3 nitrogen and oxygen atoms in total. The zero-order chi connectivity index (χ0) is 14.7. The maximum absolute atomic E-state index is 13.0. The Morgan fingerprint density at radius 1 is 1.30 bits per heavy atom. The van der Waals surface area contributed by atoms with Crippen LogP contribution in [0.25, 0.3) is 0 Å². The Kier molecular flexibility index (Phi) is 4.62. The number of hydrogen-bond donors (Lipinski definition) is 2. The van der Waals surface area contributed by atoms with Crippen molar-refractivity contribution in [3.05, 3.63) is 62.8 Å². The van der Waals surface area contributed by atoms with Gasteiger partial charge in [0.05, 0.1) is 10.6 Å². The number of carbonyl (C=O) groups is 1. The second-order valence-electron chi connectivity index (χ2n) is 4.09. The first-order valence-corrected chi connectivity index (χ1v) is 6.85. The zero-order valence-electron chi connectivity index (χ0n) is 10.2. The zero-order valence-corrected chi connectivity index (χ0v) is 12.5. The van der Waals surface area contributed by atoms with Crippen molar-refractivity contribution >= 4 is 39.2 Å². The minimum atomic E-state index is -1.08. The summed E-state index contributed by atoms with van der Waals surface area (Å²) in [6, 6.07) is 9.07. The van der Waals surface area contributed by atoms with Crippen molar-refractivity contribution in [2.24, 2.45) is 0 Å². The molecule has 0 amide bonds. The third-order valence-corrected chi connectivity index (χ3v) is 3.76. The molecule has 104 valence electrons. The summed E-state index contributed by atoms with van der Waals surface area (Å²) < 4.78 is 13.6. The molecule has 2 rings (SSSR count). The van der Waals surface area contributed by atoms with Gasteiger partial charge in [-0.15, -0.1) is 0 Å². The molecule has 0 aliphatic rings. The van der Waals surface area contributed by atoms with E-state index in [1.54, 1.807) is 12.1 Å². The van der Waals surface area contributed by atoms with Gasteiger partial charge in [-0.05, 0) is 35.9 Å². The monoisotopic (exact) mass is 357 g/mol. The van der Waals surface area contributed by atoms with Crippen LogP contribution in [0.15, 0.2) is 40.9 Å². The number of aromatic carboxylic acids is 1. The molecule has 6 heteroatoms. The van der Waals surface area contributed by atoms with E-state index in [9.17, 15) is 9.18 Å². The minimum absolute atomic E-state index is 0.0369. The van der Waals surface area contributed by atoms with E-state index < -0.39 is 5.97 Å². The lowest BCUT2D eigenvalue weighted by Gasteiger charge is -2.09. The van der Waals surface area contributed by atoms with Crippen LogP contribution in [0, 0.1) is 5.82 Å². The number of nitrogens with one attached hydrogen (secondary N) is 1. The first-order chi connectivity index (χ1) is 9.47. The van der Waals surface area contributed by atoms with E-state index in [2.05, 4.69) is 21.2 Å². The molecular formula is C14H10BrClFNO2. The Morgan fingerprint density at radius 3 is 2.70 bits per heavy atom. The van der Waals surface area contributed by atoms with Gasteiger partial charge < -0.3 is 10.4 Å². The van der Waals surface area contributed by atoms with Crippen LogP contribution >= 0.6 is 27.5 Å². The maximum atomic E-state index is 13.0. The van der Waals surface area contributed by atoms with Gasteiger partial charge in [-0.1, -0.05) is 33.6 Å². The Balaban J connectivity index is 2.15. The molecule has 0 radical (unpaired) electrons. The molecule has 0 saturated carbocycles. The van der Waals surface area contributed by atoms with Crippen molar-refractivity contribution in [1.29, 1.82) is 0 Å². The van der Waals surface area contributed by atoms with Crippen LogP contribution in [0.5, 0.6) is 0 Å². The molecular weight excluding hydrogens is 349 g/mol. The molecule has 20 heavy (non-hydrogen) atoms. The van der Waals surface area contributed by atoms with Crippen molar-refractivity contribution in [3.63, 3.8) is 0 Å². The van der Waals surface area contributed by atoms with Crippen LogP contribution in [-0.4, -0.2) is 11.1 Å². The summed E-state index contributed by atoms with van der Waals surface area (Å²) in [4.78, 5) is 11.0. The van der Waals surface area contributed by atoms with Gasteiger partial charge >= 0.3 is 5.97 Å². The topological polar surface area (TPSA) is 49.3 Å². The molecule has 0 bridgehead atoms. The minimum Gasteiger partial charge on any atom is -0.478 e. The van der Waals surface area contributed by atoms with E-state index in [1.165, 1.54) is 24.3 Å².